The largest absolute Gasteiger partial charge is 0.454 e. The molecule has 0 heterocycles. The fraction of sp³-hybridized carbons (Fsp3) is 0.188. The number of hydrogen-bond donors (Lipinski definition) is 2. The zero-order valence-corrected chi connectivity index (χ0v) is 13.0. The third-order valence-corrected chi connectivity index (χ3v) is 3.33. The number of amidine groups is 1. The summed E-state index contributed by atoms with van der Waals surface area (Å²) in [6, 6.07) is 8.22. The molecule has 2 aromatic carbocycles. The summed E-state index contributed by atoms with van der Waals surface area (Å²) in [6.45, 7) is 5.85. The monoisotopic (exact) mass is 308 g/mol. The molecule has 0 aliphatic heterocycles. The Kier molecular flexibility index (Phi) is 5.33. The molecular weight excluding hydrogens is 291 g/mol. The SMILES string of the molecule is Cc1ccc(C)c(Oc2ccc(C(=N)N)cc2F)c1C.Cl. The first kappa shape index (κ1) is 17.0. The van der Waals surface area contributed by atoms with E-state index in [1.165, 1.54) is 12.1 Å². The number of ether oxygens (including phenoxy) is 1. The lowest BCUT2D eigenvalue weighted by Crippen LogP contribution is -2.11. The molecule has 0 bridgehead atoms. The average molecular weight is 309 g/mol. The third-order valence-electron chi connectivity index (χ3n) is 3.33. The Hall–Kier alpha value is -2.07. The van der Waals surface area contributed by atoms with E-state index in [4.69, 9.17) is 15.9 Å². The number of halogens is 2. The highest BCUT2D eigenvalue weighted by Crippen LogP contribution is 2.32. The third kappa shape index (κ3) is 3.52. The Bertz CT molecular complexity index is 686. The van der Waals surface area contributed by atoms with E-state index >= 15 is 0 Å². The van der Waals surface area contributed by atoms with Crippen LogP contribution in [-0.2, 0) is 0 Å². The van der Waals surface area contributed by atoms with Crippen LogP contribution in [0.3, 0.4) is 0 Å². The predicted octanol–water partition coefficient (Wildman–Crippen LogP) is 4.25. The van der Waals surface area contributed by atoms with Crippen molar-refractivity contribution in [1.82, 2.24) is 0 Å². The zero-order valence-electron chi connectivity index (χ0n) is 12.2. The first-order valence-corrected chi connectivity index (χ1v) is 6.28. The summed E-state index contributed by atoms with van der Waals surface area (Å²) >= 11 is 0. The van der Waals surface area contributed by atoms with E-state index in [-0.39, 0.29) is 24.0 Å². The van der Waals surface area contributed by atoms with Gasteiger partial charge in [-0.05, 0) is 55.7 Å². The quantitative estimate of drug-likeness (QED) is 0.658. The van der Waals surface area contributed by atoms with Crippen molar-refractivity contribution in [3.8, 4) is 11.5 Å². The van der Waals surface area contributed by atoms with Gasteiger partial charge in [0, 0.05) is 5.56 Å². The summed E-state index contributed by atoms with van der Waals surface area (Å²) < 4.78 is 19.7. The van der Waals surface area contributed by atoms with Crippen LogP contribution < -0.4 is 10.5 Å². The second-order valence-electron chi connectivity index (χ2n) is 4.81. The van der Waals surface area contributed by atoms with Crippen LogP contribution in [0.1, 0.15) is 22.3 Å². The van der Waals surface area contributed by atoms with Gasteiger partial charge in [0.25, 0.3) is 0 Å². The van der Waals surface area contributed by atoms with Gasteiger partial charge in [-0.1, -0.05) is 12.1 Å². The lowest BCUT2D eigenvalue weighted by atomic mass is 10.1. The Morgan fingerprint density at radius 1 is 1.10 bits per heavy atom. The molecule has 0 saturated carbocycles. The predicted molar refractivity (Wildman–Crippen MR) is 85.4 cm³/mol. The van der Waals surface area contributed by atoms with Crippen LogP contribution in [0.5, 0.6) is 11.5 Å². The Balaban J connectivity index is 0.00000220. The van der Waals surface area contributed by atoms with E-state index in [0.29, 0.717) is 11.3 Å². The van der Waals surface area contributed by atoms with Crippen LogP contribution in [0, 0.1) is 32.0 Å². The van der Waals surface area contributed by atoms with Crippen molar-refractivity contribution in [2.45, 2.75) is 20.8 Å². The fourth-order valence-electron chi connectivity index (χ4n) is 1.94. The van der Waals surface area contributed by atoms with E-state index < -0.39 is 5.82 Å². The Labute approximate surface area is 129 Å². The molecular formula is C16H18ClFN2O. The molecule has 0 aromatic heterocycles. The van der Waals surface area contributed by atoms with E-state index in [9.17, 15) is 4.39 Å². The summed E-state index contributed by atoms with van der Waals surface area (Å²) in [5.41, 5.74) is 8.69. The standard InChI is InChI=1S/C16H17FN2O.ClH/c1-9-4-5-10(2)15(11(9)3)20-14-7-6-12(16(18)19)8-13(14)17;/h4-8H,1-3H3,(H3,18,19);1H. The first-order chi connectivity index (χ1) is 9.40. The van der Waals surface area contributed by atoms with Crippen molar-refractivity contribution in [3.05, 3.63) is 58.4 Å². The molecule has 2 aromatic rings. The van der Waals surface area contributed by atoms with Gasteiger partial charge in [-0.3, -0.25) is 5.41 Å². The van der Waals surface area contributed by atoms with Crippen LogP contribution in [0.2, 0.25) is 0 Å². The fourth-order valence-corrected chi connectivity index (χ4v) is 1.94. The molecule has 0 saturated heterocycles. The maximum atomic E-state index is 14.0. The second kappa shape index (κ2) is 6.59. The van der Waals surface area contributed by atoms with E-state index in [1.807, 2.05) is 32.9 Å². The highest BCUT2D eigenvalue weighted by molar-refractivity contribution is 5.95. The van der Waals surface area contributed by atoms with Crippen molar-refractivity contribution >= 4 is 18.2 Å². The zero-order chi connectivity index (χ0) is 14.9. The van der Waals surface area contributed by atoms with E-state index in [2.05, 4.69) is 0 Å². The lowest BCUT2D eigenvalue weighted by Gasteiger charge is -2.14. The molecule has 0 fully saturated rings. The smallest absolute Gasteiger partial charge is 0.166 e. The average Bonchev–Trinajstić information content (AvgIpc) is 2.40. The normalized spacial score (nSPS) is 9.90. The summed E-state index contributed by atoms with van der Waals surface area (Å²) in [5.74, 6) is 0.0997. The minimum Gasteiger partial charge on any atom is -0.454 e. The topological polar surface area (TPSA) is 59.1 Å². The van der Waals surface area contributed by atoms with Gasteiger partial charge in [0.05, 0.1) is 0 Å². The molecule has 0 aliphatic carbocycles. The summed E-state index contributed by atoms with van der Waals surface area (Å²) in [4.78, 5) is 0. The molecule has 112 valence electrons. The molecule has 3 N–H and O–H groups in total. The minimum atomic E-state index is -0.530. The van der Waals surface area contributed by atoms with Gasteiger partial charge in [-0.2, -0.15) is 0 Å². The van der Waals surface area contributed by atoms with Gasteiger partial charge in [0.2, 0.25) is 0 Å². The van der Waals surface area contributed by atoms with Gasteiger partial charge < -0.3 is 10.5 Å². The number of benzene rings is 2. The summed E-state index contributed by atoms with van der Waals surface area (Å²) in [5, 5.41) is 7.29. The van der Waals surface area contributed by atoms with Crippen molar-refractivity contribution in [2.24, 2.45) is 5.73 Å². The number of hydrogen-bond acceptors (Lipinski definition) is 2. The van der Waals surface area contributed by atoms with Gasteiger partial charge in [0.1, 0.15) is 11.6 Å². The summed E-state index contributed by atoms with van der Waals surface area (Å²) in [6.07, 6.45) is 0. The maximum Gasteiger partial charge on any atom is 0.166 e. The van der Waals surface area contributed by atoms with Crippen LogP contribution in [-0.4, -0.2) is 5.84 Å². The van der Waals surface area contributed by atoms with Gasteiger partial charge in [0.15, 0.2) is 11.6 Å². The number of nitrogens with one attached hydrogen (secondary N) is 1. The van der Waals surface area contributed by atoms with E-state index in [0.717, 1.165) is 16.7 Å². The highest BCUT2D eigenvalue weighted by atomic mass is 35.5. The minimum absolute atomic E-state index is 0. The van der Waals surface area contributed by atoms with Gasteiger partial charge in [-0.15, -0.1) is 12.4 Å². The Morgan fingerprint density at radius 3 is 2.29 bits per heavy atom. The Morgan fingerprint density at radius 2 is 1.71 bits per heavy atom. The number of nitrogens with two attached hydrogens (primary N) is 1. The molecule has 2 rings (SSSR count). The van der Waals surface area contributed by atoms with Gasteiger partial charge in [-0.25, -0.2) is 4.39 Å². The van der Waals surface area contributed by atoms with Crippen molar-refractivity contribution in [1.29, 1.82) is 5.41 Å². The maximum absolute atomic E-state index is 14.0. The number of nitrogen functional groups attached to an aromatic ring is 1. The number of rotatable bonds is 3. The van der Waals surface area contributed by atoms with Crippen LogP contribution in [0.15, 0.2) is 30.3 Å². The molecule has 0 aliphatic rings. The summed E-state index contributed by atoms with van der Waals surface area (Å²) in [7, 11) is 0. The molecule has 0 atom stereocenters. The molecule has 0 amide bonds. The van der Waals surface area contributed by atoms with Crippen LogP contribution >= 0.6 is 12.4 Å². The lowest BCUT2D eigenvalue weighted by molar-refractivity contribution is 0.436. The van der Waals surface area contributed by atoms with Crippen LogP contribution in [0.4, 0.5) is 4.39 Å². The van der Waals surface area contributed by atoms with E-state index in [1.54, 1.807) is 6.07 Å². The molecule has 21 heavy (non-hydrogen) atoms. The number of aryl methyl sites for hydroxylation is 2. The molecule has 0 unspecified atom stereocenters. The molecule has 0 radical (unpaired) electrons. The van der Waals surface area contributed by atoms with Gasteiger partial charge >= 0.3 is 0 Å². The van der Waals surface area contributed by atoms with Crippen molar-refractivity contribution in [3.63, 3.8) is 0 Å². The van der Waals surface area contributed by atoms with Crippen LogP contribution in [0.25, 0.3) is 0 Å². The van der Waals surface area contributed by atoms with Crippen molar-refractivity contribution < 1.29 is 9.13 Å². The first-order valence-electron chi connectivity index (χ1n) is 6.28. The highest BCUT2D eigenvalue weighted by Gasteiger charge is 2.12. The molecule has 0 spiro atoms. The molecule has 3 nitrogen and oxygen atoms in total. The second-order valence-corrected chi connectivity index (χ2v) is 4.81. The van der Waals surface area contributed by atoms with Crippen molar-refractivity contribution in [2.75, 3.05) is 0 Å². The molecule has 5 heteroatoms.